The van der Waals surface area contributed by atoms with E-state index in [1.165, 1.54) is 17.9 Å². The number of benzene rings is 1. The number of carbonyl (C=O) groups excluding carboxylic acids is 1. The molecule has 0 saturated carbocycles. The molecule has 0 radical (unpaired) electrons. The largest absolute Gasteiger partial charge is 0.433 e. The van der Waals surface area contributed by atoms with Crippen LogP contribution in [0.25, 0.3) is 11.3 Å². The first-order chi connectivity index (χ1) is 14.9. The van der Waals surface area contributed by atoms with Crippen LogP contribution in [0.15, 0.2) is 35.9 Å². The van der Waals surface area contributed by atoms with E-state index in [1.807, 2.05) is 0 Å². The lowest BCUT2D eigenvalue weighted by Crippen LogP contribution is -2.61. The van der Waals surface area contributed by atoms with Crippen LogP contribution >= 0.6 is 0 Å². The second-order valence-corrected chi connectivity index (χ2v) is 8.37. The van der Waals surface area contributed by atoms with Gasteiger partial charge in [0, 0.05) is 23.3 Å². The Hall–Kier alpha value is -3.23. The van der Waals surface area contributed by atoms with Gasteiger partial charge in [-0.15, -0.1) is 0 Å². The van der Waals surface area contributed by atoms with Gasteiger partial charge in [-0.1, -0.05) is 18.2 Å². The number of alkyl halides is 4. The van der Waals surface area contributed by atoms with Gasteiger partial charge in [-0.2, -0.15) is 13.2 Å². The number of H-pyrrole nitrogens is 1. The zero-order valence-corrected chi connectivity index (χ0v) is 17.8. The average molecular weight is 446 g/mol. The molecule has 1 fully saturated rings. The van der Waals surface area contributed by atoms with Crippen molar-refractivity contribution in [2.45, 2.75) is 39.0 Å². The molecule has 2 aliphatic rings. The maximum Gasteiger partial charge on any atom is 0.433 e. The van der Waals surface area contributed by atoms with Gasteiger partial charge in [0.2, 0.25) is 0 Å². The predicted octanol–water partition coefficient (Wildman–Crippen LogP) is 5.09. The number of allylic oxidation sites excluding steroid dienone is 3. The number of nitrogens with zero attached hydrogens (tertiary/aromatic N) is 2. The molecule has 2 heterocycles. The summed E-state index contributed by atoms with van der Waals surface area (Å²) in [5.41, 5.74) is -0.496. The number of amides is 1. The molecule has 1 aliphatic heterocycles. The molecular weight excluding hydrogens is 424 g/mol. The Bertz CT molecular complexity index is 1180. The quantitative estimate of drug-likeness (QED) is 0.645. The Morgan fingerprint density at radius 3 is 2.44 bits per heavy atom. The summed E-state index contributed by atoms with van der Waals surface area (Å²) in [6.07, 6.45) is 0.471. The number of halogens is 4. The smallest absolute Gasteiger partial charge is 0.338 e. The van der Waals surface area contributed by atoms with E-state index >= 15 is 4.39 Å². The lowest BCUT2D eigenvalue weighted by atomic mass is 9.83. The number of aromatic nitrogens is 2. The number of hydrogen-bond donors (Lipinski definition) is 2. The summed E-state index contributed by atoms with van der Waals surface area (Å²) in [5.74, 6) is -0.321. The molecule has 1 aromatic heterocycles. The number of likely N-dealkylation sites (tertiary alicyclic amines) is 1. The second kappa shape index (κ2) is 7.43. The van der Waals surface area contributed by atoms with Gasteiger partial charge >= 0.3 is 6.18 Å². The van der Waals surface area contributed by atoms with Crippen molar-refractivity contribution >= 4 is 11.6 Å². The number of imidazole rings is 1. The number of hydrogen-bond acceptors (Lipinski definition) is 3. The first-order valence-electron chi connectivity index (χ1n) is 10.1. The van der Waals surface area contributed by atoms with Crippen molar-refractivity contribution in [3.05, 3.63) is 64.1 Å². The third-order valence-corrected chi connectivity index (χ3v) is 5.86. The number of aryl methyl sites for hydroxylation is 3. The van der Waals surface area contributed by atoms with Crippen molar-refractivity contribution in [1.29, 1.82) is 5.41 Å². The Balaban J connectivity index is 1.63. The second-order valence-electron chi connectivity index (χ2n) is 8.37. The van der Waals surface area contributed by atoms with E-state index < -0.39 is 23.4 Å². The van der Waals surface area contributed by atoms with Gasteiger partial charge in [-0.25, -0.2) is 9.37 Å². The monoisotopic (exact) mass is 446 g/mol. The van der Waals surface area contributed by atoms with Crippen LogP contribution in [0, 0.1) is 26.2 Å². The molecule has 5 nitrogen and oxygen atoms in total. The van der Waals surface area contributed by atoms with E-state index in [1.54, 1.807) is 38.1 Å². The van der Waals surface area contributed by atoms with Crippen molar-refractivity contribution in [1.82, 2.24) is 14.9 Å². The van der Waals surface area contributed by atoms with Crippen LogP contribution in [0.5, 0.6) is 0 Å². The van der Waals surface area contributed by atoms with Gasteiger partial charge in [0.15, 0.2) is 5.67 Å². The van der Waals surface area contributed by atoms with E-state index in [0.717, 1.165) is 0 Å². The third kappa shape index (κ3) is 3.76. The third-order valence-electron chi connectivity index (χ3n) is 5.86. The molecule has 4 rings (SSSR count). The van der Waals surface area contributed by atoms with E-state index in [-0.39, 0.29) is 35.7 Å². The highest BCUT2D eigenvalue weighted by Crippen LogP contribution is 2.39. The summed E-state index contributed by atoms with van der Waals surface area (Å²) in [5, 5.41) is 7.57. The van der Waals surface area contributed by atoms with E-state index in [2.05, 4.69) is 9.97 Å². The molecule has 0 spiro atoms. The van der Waals surface area contributed by atoms with Crippen LogP contribution in [0.1, 0.15) is 39.4 Å². The van der Waals surface area contributed by atoms with Crippen LogP contribution in [-0.2, 0) is 6.18 Å². The average Bonchev–Trinajstić information content (AvgIpc) is 3.07. The van der Waals surface area contributed by atoms with Crippen molar-refractivity contribution in [3.63, 3.8) is 0 Å². The van der Waals surface area contributed by atoms with Crippen molar-refractivity contribution in [2.24, 2.45) is 0 Å². The van der Waals surface area contributed by atoms with Crippen molar-refractivity contribution < 1.29 is 22.4 Å². The van der Waals surface area contributed by atoms with Crippen LogP contribution in [0.2, 0.25) is 0 Å². The molecule has 1 aliphatic carbocycles. The van der Waals surface area contributed by atoms with Gasteiger partial charge in [0.1, 0.15) is 17.2 Å². The fourth-order valence-corrected chi connectivity index (χ4v) is 4.16. The summed E-state index contributed by atoms with van der Waals surface area (Å²) in [6, 6.07) is 3.06. The van der Waals surface area contributed by atoms with Gasteiger partial charge < -0.3 is 15.3 Å². The van der Waals surface area contributed by atoms with Crippen LogP contribution in [-0.4, -0.2) is 45.2 Å². The highest BCUT2D eigenvalue weighted by molar-refractivity contribution is 5.98. The van der Waals surface area contributed by atoms with Crippen LogP contribution in [0.3, 0.4) is 0 Å². The summed E-state index contributed by atoms with van der Waals surface area (Å²) >= 11 is 0. The molecule has 2 aromatic rings. The number of carbonyl (C=O) groups is 1. The van der Waals surface area contributed by atoms with Crippen LogP contribution < -0.4 is 0 Å². The zero-order valence-electron chi connectivity index (χ0n) is 17.8. The fourth-order valence-electron chi connectivity index (χ4n) is 4.16. The Labute approximate surface area is 182 Å². The van der Waals surface area contributed by atoms with Crippen molar-refractivity contribution in [2.75, 3.05) is 13.1 Å². The topological polar surface area (TPSA) is 72.8 Å². The van der Waals surface area contributed by atoms with Crippen molar-refractivity contribution in [3.8, 4) is 11.3 Å². The first-order valence-corrected chi connectivity index (χ1v) is 10.1. The molecule has 0 unspecified atom stereocenters. The summed E-state index contributed by atoms with van der Waals surface area (Å²) in [6.45, 7) is 4.51. The van der Waals surface area contributed by atoms with Gasteiger partial charge in [0.25, 0.3) is 5.91 Å². The van der Waals surface area contributed by atoms with E-state index in [9.17, 15) is 18.0 Å². The first kappa shape index (κ1) is 22.0. The lowest BCUT2D eigenvalue weighted by Gasteiger charge is -2.45. The Morgan fingerprint density at radius 1 is 1.16 bits per heavy atom. The van der Waals surface area contributed by atoms with Crippen LogP contribution in [0.4, 0.5) is 17.6 Å². The molecule has 1 amide bonds. The van der Waals surface area contributed by atoms with Gasteiger partial charge in [-0.3, -0.25) is 4.79 Å². The molecule has 0 atom stereocenters. The fraction of sp³-hybridized carbons (Fsp3) is 0.348. The zero-order chi connectivity index (χ0) is 23.4. The summed E-state index contributed by atoms with van der Waals surface area (Å²) < 4.78 is 55.7. The minimum atomic E-state index is -4.62. The standard InChI is InChI=1S/C23H22F4N4O/c1-12-8-13(2)18(9-17(12)19-20(23(25,26)27)30-14(3)29-19)21(32)31-10-22(24,11-31)15-4-6-16(28)7-5-15/h4-6,8-9,28H,7,10-11H2,1-3H3,(H,29,30). The minimum absolute atomic E-state index is 0.118. The SMILES string of the molecule is Cc1nc(-c2cc(C(=O)N3CC(F)(C4=CCC(=N)C=C4)C3)c(C)cc2C)c(C(F)(F)F)[nH]1. The number of nitrogens with one attached hydrogen (secondary N) is 2. The highest BCUT2D eigenvalue weighted by Gasteiger charge is 2.48. The van der Waals surface area contributed by atoms with Gasteiger partial charge in [0.05, 0.1) is 13.1 Å². The predicted molar refractivity (Wildman–Crippen MR) is 113 cm³/mol. The normalized spacial score (nSPS) is 17.9. The molecule has 2 N–H and O–H groups in total. The maximum atomic E-state index is 15.2. The number of aromatic amines is 1. The summed E-state index contributed by atoms with van der Waals surface area (Å²) in [7, 11) is 0. The molecule has 0 bridgehead atoms. The minimum Gasteiger partial charge on any atom is -0.338 e. The molecule has 1 aromatic carbocycles. The maximum absolute atomic E-state index is 15.2. The molecule has 168 valence electrons. The number of rotatable bonds is 3. The molecule has 32 heavy (non-hydrogen) atoms. The molecule has 1 saturated heterocycles. The lowest BCUT2D eigenvalue weighted by molar-refractivity contribution is -0.140. The molecule has 9 heteroatoms. The van der Waals surface area contributed by atoms with E-state index in [4.69, 9.17) is 5.41 Å². The summed E-state index contributed by atoms with van der Waals surface area (Å²) in [4.78, 5) is 20.7. The van der Waals surface area contributed by atoms with E-state index in [0.29, 0.717) is 28.8 Å². The highest BCUT2D eigenvalue weighted by atomic mass is 19.4. The Morgan fingerprint density at radius 2 is 1.84 bits per heavy atom. The Kier molecular flexibility index (Phi) is 5.10. The van der Waals surface area contributed by atoms with Gasteiger partial charge in [-0.05, 0) is 49.6 Å². The molecular formula is C23H22F4N4O.